The molecule has 0 amide bonds. The fourth-order valence-corrected chi connectivity index (χ4v) is 1.39. The third-order valence-corrected chi connectivity index (χ3v) is 2.31. The molecule has 1 unspecified atom stereocenters. The maximum atomic E-state index is 4.29. The summed E-state index contributed by atoms with van der Waals surface area (Å²) in [5, 5.41) is 0.673. The highest BCUT2D eigenvalue weighted by molar-refractivity contribution is 7.84. The average Bonchev–Trinajstić information content (AvgIpc) is 2.21. The normalized spacial score (nSPS) is 15.5. The molecule has 1 nitrogen and oxygen atoms in total. The summed E-state index contributed by atoms with van der Waals surface area (Å²) in [4.78, 5) is 3.84. The average molecular weight is 221 g/mol. The maximum absolute atomic E-state index is 4.29. The lowest BCUT2D eigenvalue weighted by Crippen LogP contribution is -1.95. The zero-order valence-corrected chi connectivity index (χ0v) is 10.6. The quantitative estimate of drug-likeness (QED) is 0.406. The number of hydrogen-bond acceptors (Lipinski definition) is 2. The standard InChI is InChI=1S/C13H19NS/c1-6-7-12(13(15)14-5)11(4)9-8-10(2)3/h6-9,11,15H,2,5H2,1,3-4H3/b7-6-,9-8?,13-12-. The smallest absolute Gasteiger partial charge is 0.0959 e. The first-order valence-corrected chi connectivity index (χ1v) is 5.33. The van der Waals surface area contributed by atoms with Crippen molar-refractivity contribution in [2.75, 3.05) is 0 Å². The number of rotatable bonds is 5. The second kappa shape index (κ2) is 7.30. The molecular formula is C13H19NS. The first-order valence-electron chi connectivity index (χ1n) is 4.89. The van der Waals surface area contributed by atoms with Crippen LogP contribution in [0, 0.1) is 5.92 Å². The minimum atomic E-state index is 0.260. The number of allylic oxidation sites excluding steroid dienone is 6. The van der Waals surface area contributed by atoms with E-state index in [0.717, 1.165) is 11.1 Å². The van der Waals surface area contributed by atoms with E-state index in [1.807, 2.05) is 32.1 Å². The Morgan fingerprint density at radius 3 is 2.40 bits per heavy atom. The summed E-state index contributed by atoms with van der Waals surface area (Å²) < 4.78 is 0. The molecule has 0 aromatic carbocycles. The first kappa shape index (κ1) is 14.0. The Balaban J connectivity index is 4.95. The van der Waals surface area contributed by atoms with Gasteiger partial charge in [0, 0.05) is 5.92 Å². The van der Waals surface area contributed by atoms with Crippen molar-refractivity contribution in [3.63, 3.8) is 0 Å². The van der Waals surface area contributed by atoms with Gasteiger partial charge in [-0.3, -0.25) is 4.99 Å². The maximum Gasteiger partial charge on any atom is 0.0959 e. The SMILES string of the molecule is C=N/C(S)=C(\C=C/C)C(C)C=CC(=C)C. The monoisotopic (exact) mass is 221 g/mol. The molecule has 0 radical (unpaired) electrons. The van der Waals surface area contributed by atoms with Gasteiger partial charge < -0.3 is 0 Å². The number of thiol groups is 1. The van der Waals surface area contributed by atoms with Crippen molar-refractivity contribution in [1.82, 2.24) is 0 Å². The van der Waals surface area contributed by atoms with Crippen LogP contribution in [-0.4, -0.2) is 6.72 Å². The predicted octanol–water partition coefficient (Wildman–Crippen LogP) is 4.17. The highest BCUT2D eigenvalue weighted by atomic mass is 32.1. The van der Waals surface area contributed by atoms with Crippen molar-refractivity contribution >= 4 is 19.3 Å². The van der Waals surface area contributed by atoms with Crippen molar-refractivity contribution < 1.29 is 0 Å². The molecule has 0 N–H and O–H groups in total. The summed E-state index contributed by atoms with van der Waals surface area (Å²) in [6.07, 6.45) is 8.06. The van der Waals surface area contributed by atoms with Crippen LogP contribution in [-0.2, 0) is 0 Å². The molecule has 0 aromatic rings. The fourth-order valence-electron chi connectivity index (χ4n) is 1.11. The van der Waals surface area contributed by atoms with Gasteiger partial charge in [0.15, 0.2) is 0 Å². The summed E-state index contributed by atoms with van der Waals surface area (Å²) in [5.41, 5.74) is 2.10. The molecule has 0 bridgehead atoms. The molecule has 1 atom stereocenters. The molecule has 15 heavy (non-hydrogen) atoms. The minimum absolute atomic E-state index is 0.260. The Morgan fingerprint density at radius 2 is 2.00 bits per heavy atom. The van der Waals surface area contributed by atoms with Gasteiger partial charge in [-0.1, -0.05) is 43.4 Å². The summed E-state index contributed by atoms with van der Waals surface area (Å²) in [5.74, 6) is 0.260. The predicted molar refractivity (Wildman–Crippen MR) is 73.5 cm³/mol. The minimum Gasteiger partial charge on any atom is -0.258 e. The van der Waals surface area contributed by atoms with E-state index in [1.165, 1.54) is 0 Å². The number of nitrogens with zero attached hydrogens (tertiary/aromatic N) is 1. The Hall–Kier alpha value is -1.02. The van der Waals surface area contributed by atoms with Crippen LogP contribution < -0.4 is 0 Å². The Bertz CT molecular complexity index is 321. The van der Waals surface area contributed by atoms with Gasteiger partial charge in [-0.15, -0.1) is 12.6 Å². The molecule has 0 fully saturated rings. The van der Waals surface area contributed by atoms with Crippen LogP contribution in [0.25, 0.3) is 0 Å². The van der Waals surface area contributed by atoms with E-state index in [-0.39, 0.29) is 5.92 Å². The lowest BCUT2D eigenvalue weighted by molar-refractivity contribution is 0.882. The lowest BCUT2D eigenvalue weighted by atomic mass is 10.0. The van der Waals surface area contributed by atoms with Gasteiger partial charge in [0.05, 0.1) is 5.03 Å². The zero-order valence-electron chi connectivity index (χ0n) is 9.70. The van der Waals surface area contributed by atoms with Gasteiger partial charge >= 0.3 is 0 Å². The molecule has 82 valence electrons. The van der Waals surface area contributed by atoms with E-state index in [4.69, 9.17) is 0 Å². The van der Waals surface area contributed by atoms with Crippen LogP contribution in [0.5, 0.6) is 0 Å². The van der Waals surface area contributed by atoms with Crippen molar-refractivity contribution in [3.05, 3.63) is 47.1 Å². The van der Waals surface area contributed by atoms with Gasteiger partial charge in [0.1, 0.15) is 0 Å². The molecular weight excluding hydrogens is 202 g/mol. The molecule has 0 aliphatic rings. The molecule has 0 aliphatic carbocycles. The van der Waals surface area contributed by atoms with E-state index in [0.29, 0.717) is 5.03 Å². The van der Waals surface area contributed by atoms with E-state index in [2.05, 4.69) is 43.9 Å². The largest absolute Gasteiger partial charge is 0.258 e. The van der Waals surface area contributed by atoms with E-state index < -0.39 is 0 Å². The first-order chi connectivity index (χ1) is 7.02. The van der Waals surface area contributed by atoms with Gasteiger partial charge in [-0.2, -0.15) is 0 Å². The summed E-state index contributed by atoms with van der Waals surface area (Å²) in [6.45, 7) is 13.3. The van der Waals surface area contributed by atoms with Gasteiger partial charge in [-0.25, -0.2) is 0 Å². The van der Waals surface area contributed by atoms with Crippen molar-refractivity contribution in [2.24, 2.45) is 10.9 Å². The molecule has 0 spiro atoms. The van der Waals surface area contributed by atoms with Gasteiger partial charge in [-0.05, 0) is 26.1 Å². The lowest BCUT2D eigenvalue weighted by Gasteiger charge is -2.09. The molecule has 0 saturated heterocycles. The third kappa shape index (κ3) is 5.43. The zero-order chi connectivity index (χ0) is 11.8. The molecule has 0 saturated carbocycles. The van der Waals surface area contributed by atoms with Crippen molar-refractivity contribution in [1.29, 1.82) is 0 Å². The molecule has 0 aliphatic heterocycles. The highest BCUT2D eigenvalue weighted by Crippen LogP contribution is 2.21. The topological polar surface area (TPSA) is 12.4 Å². The van der Waals surface area contributed by atoms with Crippen LogP contribution in [0.3, 0.4) is 0 Å². The Kier molecular flexibility index (Phi) is 6.80. The number of aliphatic imine (C=N–C) groups is 1. The van der Waals surface area contributed by atoms with Crippen LogP contribution in [0.4, 0.5) is 0 Å². The Morgan fingerprint density at radius 1 is 1.40 bits per heavy atom. The van der Waals surface area contributed by atoms with E-state index >= 15 is 0 Å². The summed E-state index contributed by atoms with van der Waals surface area (Å²) >= 11 is 4.29. The van der Waals surface area contributed by atoms with Crippen molar-refractivity contribution in [2.45, 2.75) is 20.8 Å². The fraction of sp³-hybridized carbons (Fsp3) is 0.308. The molecule has 0 rings (SSSR count). The number of hydrogen-bond donors (Lipinski definition) is 1. The highest BCUT2D eigenvalue weighted by Gasteiger charge is 2.05. The van der Waals surface area contributed by atoms with Crippen molar-refractivity contribution in [3.8, 4) is 0 Å². The van der Waals surface area contributed by atoms with E-state index in [1.54, 1.807) is 0 Å². The van der Waals surface area contributed by atoms with Crippen LogP contribution in [0.15, 0.2) is 52.1 Å². The van der Waals surface area contributed by atoms with E-state index in [9.17, 15) is 0 Å². The van der Waals surface area contributed by atoms with Crippen LogP contribution in [0.2, 0.25) is 0 Å². The third-order valence-electron chi connectivity index (χ3n) is 1.91. The van der Waals surface area contributed by atoms with Crippen LogP contribution >= 0.6 is 12.6 Å². The summed E-state index contributed by atoms with van der Waals surface area (Å²) in [7, 11) is 0. The van der Waals surface area contributed by atoms with Crippen LogP contribution in [0.1, 0.15) is 20.8 Å². The molecule has 2 heteroatoms. The summed E-state index contributed by atoms with van der Waals surface area (Å²) in [6, 6.07) is 0. The second-order valence-electron chi connectivity index (χ2n) is 3.43. The van der Waals surface area contributed by atoms with Gasteiger partial charge in [0.25, 0.3) is 0 Å². The second-order valence-corrected chi connectivity index (χ2v) is 3.85. The molecule has 0 heterocycles. The van der Waals surface area contributed by atoms with Gasteiger partial charge in [0.2, 0.25) is 0 Å². The Labute approximate surface area is 98.4 Å². The molecule has 0 aromatic heterocycles.